The fourth-order valence-corrected chi connectivity index (χ4v) is 2.29. The van der Waals surface area contributed by atoms with Crippen molar-refractivity contribution >= 4 is 5.91 Å². The predicted molar refractivity (Wildman–Crippen MR) is 85.2 cm³/mol. The lowest BCUT2D eigenvalue weighted by Gasteiger charge is -2.22. The molecule has 1 atom stereocenters. The van der Waals surface area contributed by atoms with Crippen LogP contribution in [0, 0.1) is 5.82 Å². The second kappa shape index (κ2) is 7.85. The van der Waals surface area contributed by atoms with E-state index in [2.05, 4.69) is 15.6 Å². The molecule has 126 valence electrons. The second-order valence-corrected chi connectivity index (χ2v) is 5.36. The molecule has 1 saturated heterocycles. The lowest BCUT2D eigenvalue weighted by Crippen LogP contribution is -2.51. The van der Waals surface area contributed by atoms with Crippen LogP contribution in [-0.4, -0.2) is 36.7 Å². The first kappa shape index (κ1) is 16.4. The van der Waals surface area contributed by atoms with E-state index in [1.54, 1.807) is 18.3 Å². The average Bonchev–Trinajstić information content (AvgIpc) is 2.63. The molecule has 1 aliphatic heterocycles. The van der Waals surface area contributed by atoms with Crippen LogP contribution in [0.5, 0.6) is 11.6 Å². The van der Waals surface area contributed by atoms with Crippen LogP contribution in [0.15, 0.2) is 42.6 Å². The van der Waals surface area contributed by atoms with Crippen molar-refractivity contribution in [1.29, 1.82) is 0 Å². The number of pyridine rings is 1. The van der Waals surface area contributed by atoms with Gasteiger partial charge in [-0.3, -0.25) is 4.79 Å². The summed E-state index contributed by atoms with van der Waals surface area (Å²) in [5.41, 5.74) is 0.854. The summed E-state index contributed by atoms with van der Waals surface area (Å²) in [5.74, 6) is 0.445. The van der Waals surface area contributed by atoms with Gasteiger partial charge in [-0.25, -0.2) is 9.37 Å². The molecule has 7 heteroatoms. The Labute approximate surface area is 139 Å². The number of carbonyl (C=O) groups excluding carboxylic acids is 1. The number of rotatable bonds is 5. The molecule has 2 aromatic rings. The van der Waals surface area contributed by atoms with Crippen LogP contribution in [0.1, 0.15) is 5.56 Å². The lowest BCUT2D eigenvalue weighted by molar-refractivity contribution is -0.126. The molecule has 1 aromatic heterocycles. The maximum atomic E-state index is 12.9. The van der Waals surface area contributed by atoms with Gasteiger partial charge in [0.1, 0.15) is 17.6 Å². The molecule has 3 rings (SSSR count). The number of nitrogens with zero attached hydrogens (tertiary/aromatic N) is 1. The van der Waals surface area contributed by atoms with E-state index in [0.29, 0.717) is 37.9 Å². The van der Waals surface area contributed by atoms with Crippen molar-refractivity contribution < 1.29 is 18.7 Å². The van der Waals surface area contributed by atoms with Gasteiger partial charge in [0.2, 0.25) is 11.8 Å². The fourth-order valence-electron chi connectivity index (χ4n) is 2.29. The molecule has 2 heterocycles. The molecular formula is C17H18FN3O3. The summed E-state index contributed by atoms with van der Waals surface area (Å²) in [6.45, 7) is 2.03. The van der Waals surface area contributed by atoms with Crippen LogP contribution in [0.4, 0.5) is 4.39 Å². The number of hydrogen-bond donors (Lipinski definition) is 2. The van der Waals surface area contributed by atoms with E-state index in [1.807, 2.05) is 0 Å². The highest BCUT2D eigenvalue weighted by molar-refractivity contribution is 5.81. The second-order valence-electron chi connectivity index (χ2n) is 5.36. The largest absolute Gasteiger partial charge is 0.439 e. The minimum atomic E-state index is -0.327. The standard InChI is InChI=1S/C17H18FN3O3/c18-13-1-3-14(4-2-13)24-16-9-12(5-6-20-16)10-21-17(22)15-11-23-8-7-19-15/h1-6,9,15,19H,7-8,10-11H2,(H,21,22). The molecular weight excluding hydrogens is 313 g/mol. The maximum absolute atomic E-state index is 12.9. The summed E-state index contributed by atoms with van der Waals surface area (Å²) in [6.07, 6.45) is 1.60. The Hall–Kier alpha value is -2.51. The van der Waals surface area contributed by atoms with Gasteiger partial charge >= 0.3 is 0 Å². The summed E-state index contributed by atoms with van der Waals surface area (Å²) in [5, 5.41) is 5.95. The number of amides is 1. The Bertz CT molecular complexity index is 688. The molecule has 0 saturated carbocycles. The van der Waals surface area contributed by atoms with E-state index < -0.39 is 0 Å². The van der Waals surface area contributed by atoms with Crippen molar-refractivity contribution in [3.05, 3.63) is 54.0 Å². The summed E-state index contributed by atoms with van der Waals surface area (Å²) in [4.78, 5) is 16.2. The van der Waals surface area contributed by atoms with E-state index in [1.165, 1.54) is 24.3 Å². The Morgan fingerprint density at radius 2 is 2.21 bits per heavy atom. The van der Waals surface area contributed by atoms with Crippen molar-refractivity contribution in [3.8, 4) is 11.6 Å². The van der Waals surface area contributed by atoms with Gasteiger partial charge in [-0.2, -0.15) is 0 Å². The third-order valence-corrected chi connectivity index (χ3v) is 3.54. The van der Waals surface area contributed by atoms with Gasteiger partial charge in [0, 0.05) is 25.4 Å². The smallest absolute Gasteiger partial charge is 0.239 e. The van der Waals surface area contributed by atoms with Crippen LogP contribution in [0.25, 0.3) is 0 Å². The Kier molecular flexibility index (Phi) is 5.35. The van der Waals surface area contributed by atoms with Gasteiger partial charge in [0.25, 0.3) is 0 Å². The number of benzene rings is 1. The van der Waals surface area contributed by atoms with Crippen LogP contribution >= 0.6 is 0 Å². The van der Waals surface area contributed by atoms with Crippen LogP contribution in [0.2, 0.25) is 0 Å². The molecule has 1 amide bonds. The third-order valence-electron chi connectivity index (χ3n) is 3.54. The van der Waals surface area contributed by atoms with Crippen molar-refractivity contribution in [1.82, 2.24) is 15.6 Å². The quantitative estimate of drug-likeness (QED) is 0.871. The summed E-state index contributed by atoms with van der Waals surface area (Å²) >= 11 is 0. The first-order chi connectivity index (χ1) is 11.7. The molecule has 24 heavy (non-hydrogen) atoms. The highest BCUT2D eigenvalue weighted by Crippen LogP contribution is 2.20. The first-order valence-electron chi connectivity index (χ1n) is 7.68. The molecule has 1 aromatic carbocycles. The normalized spacial score (nSPS) is 17.3. The fraction of sp³-hybridized carbons (Fsp3) is 0.294. The van der Waals surface area contributed by atoms with E-state index in [4.69, 9.17) is 9.47 Å². The van der Waals surface area contributed by atoms with Crippen molar-refractivity contribution in [2.75, 3.05) is 19.8 Å². The maximum Gasteiger partial charge on any atom is 0.239 e. The zero-order chi connectivity index (χ0) is 16.8. The Morgan fingerprint density at radius 1 is 1.38 bits per heavy atom. The molecule has 1 fully saturated rings. The number of aromatic nitrogens is 1. The van der Waals surface area contributed by atoms with Gasteiger partial charge in [0.05, 0.1) is 13.2 Å². The predicted octanol–water partition coefficient (Wildman–Crippen LogP) is 1.62. The number of nitrogens with one attached hydrogen (secondary N) is 2. The van der Waals surface area contributed by atoms with Gasteiger partial charge in [0.15, 0.2) is 0 Å². The molecule has 1 unspecified atom stereocenters. The summed E-state index contributed by atoms with van der Waals surface area (Å²) in [7, 11) is 0. The molecule has 6 nitrogen and oxygen atoms in total. The minimum absolute atomic E-state index is 0.104. The van der Waals surface area contributed by atoms with Crippen molar-refractivity contribution in [3.63, 3.8) is 0 Å². The number of morpholine rings is 1. The monoisotopic (exact) mass is 331 g/mol. The van der Waals surface area contributed by atoms with Gasteiger partial charge in [-0.1, -0.05) is 0 Å². The molecule has 0 radical (unpaired) electrons. The highest BCUT2D eigenvalue weighted by Gasteiger charge is 2.20. The third kappa shape index (κ3) is 4.50. The van der Waals surface area contributed by atoms with Crippen LogP contribution < -0.4 is 15.4 Å². The van der Waals surface area contributed by atoms with E-state index >= 15 is 0 Å². The Morgan fingerprint density at radius 3 is 2.96 bits per heavy atom. The van der Waals surface area contributed by atoms with Crippen molar-refractivity contribution in [2.24, 2.45) is 0 Å². The summed E-state index contributed by atoms with van der Waals surface area (Å²) < 4.78 is 23.7. The number of hydrogen-bond acceptors (Lipinski definition) is 5. The van der Waals surface area contributed by atoms with E-state index in [9.17, 15) is 9.18 Å². The minimum Gasteiger partial charge on any atom is -0.439 e. The zero-order valence-electron chi connectivity index (χ0n) is 13.0. The lowest BCUT2D eigenvalue weighted by atomic mass is 10.2. The molecule has 0 spiro atoms. The number of carbonyl (C=O) groups is 1. The molecule has 1 aliphatic rings. The number of halogens is 1. The topological polar surface area (TPSA) is 72.5 Å². The van der Waals surface area contributed by atoms with E-state index in [-0.39, 0.29) is 17.8 Å². The number of ether oxygens (including phenoxy) is 2. The average molecular weight is 331 g/mol. The summed E-state index contributed by atoms with van der Waals surface area (Å²) in [6, 6.07) is 8.89. The van der Waals surface area contributed by atoms with Crippen LogP contribution in [0.3, 0.4) is 0 Å². The van der Waals surface area contributed by atoms with Crippen LogP contribution in [-0.2, 0) is 16.1 Å². The van der Waals surface area contributed by atoms with E-state index in [0.717, 1.165) is 5.56 Å². The highest BCUT2D eigenvalue weighted by atomic mass is 19.1. The first-order valence-corrected chi connectivity index (χ1v) is 7.68. The van der Waals surface area contributed by atoms with Gasteiger partial charge < -0.3 is 20.1 Å². The SMILES string of the molecule is O=C(NCc1ccnc(Oc2ccc(F)cc2)c1)C1COCCN1. The molecule has 2 N–H and O–H groups in total. The Balaban J connectivity index is 1.56. The molecule has 0 bridgehead atoms. The molecule has 0 aliphatic carbocycles. The van der Waals surface area contributed by atoms with Gasteiger partial charge in [-0.15, -0.1) is 0 Å². The zero-order valence-corrected chi connectivity index (χ0v) is 13.0. The van der Waals surface area contributed by atoms with Crippen molar-refractivity contribution in [2.45, 2.75) is 12.6 Å². The van der Waals surface area contributed by atoms with Gasteiger partial charge in [-0.05, 0) is 35.9 Å².